The van der Waals surface area contributed by atoms with Crippen LogP contribution in [0.4, 0.5) is 0 Å². The summed E-state index contributed by atoms with van der Waals surface area (Å²) in [4.78, 5) is 10.3. The minimum Gasteiger partial charge on any atom is -0.543 e. The minimum absolute atomic E-state index is 0.229. The van der Waals surface area contributed by atoms with Crippen molar-refractivity contribution in [2.75, 3.05) is 0 Å². The molecule has 0 saturated heterocycles. The fourth-order valence-electron chi connectivity index (χ4n) is 2.76. The van der Waals surface area contributed by atoms with E-state index in [1.165, 1.54) is 18.4 Å². The molecule has 0 aliphatic carbocycles. The van der Waals surface area contributed by atoms with Gasteiger partial charge in [0, 0.05) is 6.42 Å². The summed E-state index contributed by atoms with van der Waals surface area (Å²) in [6.45, 7) is 13.9. The van der Waals surface area contributed by atoms with Gasteiger partial charge < -0.3 is 9.22 Å². The number of benzene rings is 1. The highest BCUT2D eigenvalue weighted by molar-refractivity contribution is 6.74. The SMILES string of the molecule is CC(C)C(C)(C)[Si](C)(C)Oc1ccc(CCCCCCC=O)cc1. The fourth-order valence-corrected chi connectivity index (χ4v) is 5.13. The van der Waals surface area contributed by atoms with Crippen LogP contribution in [0.3, 0.4) is 0 Å². The minimum atomic E-state index is -1.82. The zero-order valence-electron chi connectivity index (χ0n) is 16.5. The number of carbonyl (C=O) groups is 1. The van der Waals surface area contributed by atoms with Crippen LogP contribution in [-0.2, 0) is 11.2 Å². The van der Waals surface area contributed by atoms with E-state index in [1.807, 2.05) is 0 Å². The molecule has 1 rings (SSSR count). The Kier molecular flexibility index (Phi) is 8.21. The van der Waals surface area contributed by atoms with Crippen molar-refractivity contribution in [3.05, 3.63) is 29.8 Å². The van der Waals surface area contributed by atoms with Crippen LogP contribution >= 0.6 is 0 Å². The summed E-state index contributed by atoms with van der Waals surface area (Å²) in [5.41, 5.74) is 1.38. The first-order chi connectivity index (χ1) is 11.2. The van der Waals surface area contributed by atoms with E-state index < -0.39 is 8.32 Å². The third-order valence-corrected chi connectivity index (χ3v) is 10.3. The Balaban J connectivity index is 2.51. The number of aldehydes is 1. The van der Waals surface area contributed by atoms with E-state index in [9.17, 15) is 4.79 Å². The van der Waals surface area contributed by atoms with Crippen LogP contribution in [0, 0.1) is 5.92 Å². The summed E-state index contributed by atoms with van der Waals surface area (Å²) in [7, 11) is -1.82. The molecule has 3 heteroatoms. The molecule has 0 atom stereocenters. The van der Waals surface area contributed by atoms with Gasteiger partial charge in [-0.2, -0.15) is 0 Å². The lowest BCUT2D eigenvalue weighted by molar-refractivity contribution is -0.107. The van der Waals surface area contributed by atoms with E-state index in [4.69, 9.17) is 4.43 Å². The van der Waals surface area contributed by atoms with Crippen molar-refractivity contribution >= 4 is 14.6 Å². The van der Waals surface area contributed by atoms with Crippen molar-refractivity contribution in [3.63, 3.8) is 0 Å². The van der Waals surface area contributed by atoms with Crippen molar-refractivity contribution in [2.45, 2.75) is 84.4 Å². The van der Waals surface area contributed by atoms with Gasteiger partial charge in [-0.3, -0.25) is 0 Å². The smallest absolute Gasteiger partial charge is 0.251 e. The summed E-state index contributed by atoms with van der Waals surface area (Å²) in [6, 6.07) is 8.67. The second-order valence-corrected chi connectivity index (χ2v) is 12.8. The van der Waals surface area contributed by atoms with E-state index in [-0.39, 0.29) is 5.04 Å². The van der Waals surface area contributed by atoms with E-state index >= 15 is 0 Å². The molecule has 0 spiro atoms. The number of hydrogen-bond acceptors (Lipinski definition) is 2. The van der Waals surface area contributed by atoms with E-state index in [0.717, 1.165) is 31.3 Å². The number of carbonyl (C=O) groups excluding carboxylic acids is 1. The highest BCUT2D eigenvalue weighted by Gasteiger charge is 2.44. The van der Waals surface area contributed by atoms with Crippen molar-refractivity contribution in [2.24, 2.45) is 5.92 Å². The van der Waals surface area contributed by atoms with Gasteiger partial charge >= 0.3 is 0 Å². The van der Waals surface area contributed by atoms with Crippen LogP contribution in [0.15, 0.2) is 24.3 Å². The van der Waals surface area contributed by atoms with Crippen LogP contribution in [0.1, 0.15) is 65.4 Å². The van der Waals surface area contributed by atoms with Crippen LogP contribution in [0.2, 0.25) is 18.1 Å². The average molecular weight is 349 g/mol. The van der Waals surface area contributed by atoms with Crippen molar-refractivity contribution in [3.8, 4) is 5.75 Å². The standard InChI is InChI=1S/C21H36O2Si/c1-18(2)21(3,4)24(5,6)23-20-15-13-19(14-16-20)12-10-8-7-9-11-17-22/h13-18H,7-12H2,1-6H3. The second kappa shape index (κ2) is 9.41. The predicted molar refractivity (Wildman–Crippen MR) is 106 cm³/mol. The quantitative estimate of drug-likeness (QED) is 0.263. The number of unbranched alkanes of at least 4 members (excludes halogenated alkanes) is 4. The third kappa shape index (κ3) is 6.08. The molecule has 0 fully saturated rings. The molecule has 0 heterocycles. The van der Waals surface area contributed by atoms with Gasteiger partial charge in [0.05, 0.1) is 0 Å². The second-order valence-electron chi connectivity index (χ2n) is 8.25. The molecule has 0 bridgehead atoms. The molecule has 1 aromatic rings. The van der Waals surface area contributed by atoms with Crippen LogP contribution in [0.5, 0.6) is 5.75 Å². The number of rotatable bonds is 11. The van der Waals surface area contributed by atoms with Gasteiger partial charge in [-0.25, -0.2) is 0 Å². The summed E-state index contributed by atoms with van der Waals surface area (Å²) in [5.74, 6) is 1.62. The molecule has 0 saturated carbocycles. The molecule has 0 radical (unpaired) electrons. The van der Waals surface area contributed by atoms with Crippen molar-refractivity contribution < 1.29 is 9.22 Å². The van der Waals surface area contributed by atoms with Gasteiger partial charge in [0.2, 0.25) is 0 Å². The molecule has 0 aromatic heterocycles. The Morgan fingerprint density at radius 1 is 1.04 bits per heavy atom. The van der Waals surface area contributed by atoms with Gasteiger partial charge in [-0.15, -0.1) is 0 Å². The van der Waals surface area contributed by atoms with Crippen LogP contribution in [0.25, 0.3) is 0 Å². The molecule has 0 amide bonds. The highest BCUT2D eigenvalue weighted by Crippen LogP contribution is 2.44. The predicted octanol–water partition coefficient (Wildman–Crippen LogP) is 6.40. The number of hydrogen-bond donors (Lipinski definition) is 0. The monoisotopic (exact) mass is 348 g/mol. The molecule has 0 aliphatic rings. The summed E-state index contributed by atoms with van der Waals surface area (Å²) in [5, 5.41) is 0.229. The Hall–Kier alpha value is -1.09. The fraction of sp³-hybridized carbons (Fsp3) is 0.667. The molecule has 24 heavy (non-hydrogen) atoms. The Bertz CT molecular complexity index is 489. The van der Waals surface area contributed by atoms with E-state index in [1.54, 1.807) is 0 Å². The average Bonchev–Trinajstić information content (AvgIpc) is 2.51. The molecular weight excluding hydrogens is 312 g/mol. The maximum absolute atomic E-state index is 10.3. The van der Waals surface area contributed by atoms with Crippen LogP contribution in [-0.4, -0.2) is 14.6 Å². The number of aryl methyl sites for hydroxylation is 1. The van der Waals surface area contributed by atoms with Crippen molar-refractivity contribution in [1.29, 1.82) is 0 Å². The topological polar surface area (TPSA) is 26.3 Å². The van der Waals surface area contributed by atoms with Gasteiger partial charge in [-0.1, -0.05) is 52.7 Å². The molecule has 0 N–H and O–H groups in total. The normalized spacial score (nSPS) is 12.5. The Labute approximate surface area is 150 Å². The Morgan fingerprint density at radius 3 is 2.17 bits per heavy atom. The van der Waals surface area contributed by atoms with Gasteiger partial charge in [0.15, 0.2) is 0 Å². The summed E-state index contributed by atoms with van der Waals surface area (Å²) >= 11 is 0. The van der Waals surface area contributed by atoms with Gasteiger partial charge in [-0.05, 0) is 61.0 Å². The Morgan fingerprint density at radius 2 is 1.62 bits per heavy atom. The molecule has 136 valence electrons. The lowest BCUT2D eigenvalue weighted by Crippen LogP contribution is -2.47. The highest BCUT2D eigenvalue weighted by atomic mass is 28.4. The lowest BCUT2D eigenvalue weighted by atomic mass is 9.99. The first-order valence-electron chi connectivity index (χ1n) is 9.42. The molecule has 1 aromatic carbocycles. The zero-order valence-corrected chi connectivity index (χ0v) is 17.5. The first-order valence-corrected chi connectivity index (χ1v) is 12.3. The molecule has 0 unspecified atom stereocenters. The lowest BCUT2D eigenvalue weighted by Gasteiger charge is -2.42. The van der Waals surface area contributed by atoms with Crippen LogP contribution < -0.4 is 4.43 Å². The van der Waals surface area contributed by atoms with E-state index in [0.29, 0.717) is 12.3 Å². The largest absolute Gasteiger partial charge is 0.543 e. The van der Waals surface area contributed by atoms with E-state index in [2.05, 4.69) is 65.1 Å². The maximum atomic E-state index is 10.3. The summed E-state index contributed by atoms with van der Waals surface area (Å²) < 4.78 is 6.46. The first kappa shape index (κ1) is 21.0. The molecule has 0 aliphatic heterocycles. The summed E-state index contributed by atoms with van der Waals surface area (Å²) in [6.07, 6.45) is 7.42. The third-order valence-electron chi connectivity index (χ3n) is 5.83. The van der Waals surface area contributed by atoms with Gasteiger partial charge in [0.25, 0.3) is 8.32 Å². The molecule has 2 nitrogen and oxygen atoms in total. The van der Waals surface area contributed by atoms with Gasteiger partial charge in [0.1, 0.15) is 12.0 Å². The zero-order chi connectivity index (χ0) is 18.2. The van der Waals surface area contributed by atoms with Crippen molar-refractivity contribution in [1.82, 2.24) is 0 Å². The molecular formula is C21H36O2Si. The maximum Gasteiger partial charge on any atom is 0.251 e.